The highest BCUT2D eigenvalue weighted by molar-refractivity contribution is 5.93. The number of nitrogens with zero attached hydrogens (tertiary/aromatic N) is 3. The van der Waals surface area contributed by atoms with E-state index in [1.807, 2.05) is 19.1 Å². The number of hydrogen-bond donors (Lipinski definition) is 1. The maximum Gasteiger partial charge on any atom is 0.224 e. The van der Waals surface area contributed by atoms with Crippen LogP contribution in [0.15, 0.2) is 24.3 Å². The van der Waals surface area contributed by atoms with E-state index in [0.717, 1.165) is 41.7 Å². The molecule has 0 aliphatic carbocycles. The van der Waals surface area contributed by atoms with Crippen LogP contribution in [0.4, 0.5) is 5.82 Å². The lowest BCUT2D eigenvalue weighted by molar-refractivity contribution is -0.124. The van der Waals surface area contributed by atoms with E-state index in [-0.39, 0.29) is 11.8 Å². The third-order valence-corrected chi connectivity index (χ3v) is 4.19. The molecule has 1 aliphatic rings. The first-order valence-electron chi connectivity index (χ1n) is 7.39. The van der Waals surface area contributed by atoms with Crippen molar-refractivity contribution in [1.29, 1.82) is 0 Å². The number of rotatable bonds is 2. The highest BCUT2D eigenvalue weighted by Crippen LogP contribution is 2.29. The molecule has 1 fully saturated rings. The summed E-state index contributed by atoms with van der Waals surface area (Å²) < 4.78 is 0. The van der Waals surface area contributed by atoms with Crippen LogP contribution in [0.3, 0.4) is 0 Å². The van der Waals surface area contributed by atoms with Gasteiger partial charge in [-0.2, -0.15) is 5.10 Å². The molecule has 5 nitrogen and oxygen atoms in total. The first-order chi connectivity index (χ1) is 10.2. The van der Waals surface area contributed by atoms with Gasteiger partial charge in [-0.25, -0.2) is 0 Å². The van der Waals surface area contributed by atoms with Crippen molar-refractivity contribution in [3.8, 4) is 0 Å². The van der Waals surface area contributed by atoms with Gasteiger partial charge < -0.3 is 10.2 Å². The Morgan fingerprint density at radius 3 is 2.81 bits per heavy atom. The zero-order chi connectivity index (χ0) is 14.8. The van der Waals surface area contributed by atoms with E-state index in [1.165, 1.54) is 0 Å². The van der Waals surface area contributed by atoms with Gasteiger partial charge in [0.1, 0.15) is 0 Å². The number of carbonyl (C=O) groups is 1. The van der Waals surface area contributed by atoms with E-state index in [4.69, 9.17) is 0 Å². The predicted octanol–water partition coefficient (Wildman–Crippen LogP) is 1.90. The smallest absolute Gasteiger partial charge is 0.224 e. The normalized spacial score (nSPS) is 18.8. The fourth-order valence-corrected chi connectivity index (χ4v) is 3.04. The molecule has 1 N–H and O–H groups in total. The molecule has 2 aromatic rings. The van der Waals surface area contributed by atoms with Gasteiger partial charge in [-0.3, -0.25) is 4.79 Å². The monoisotopic (exact) mass is 284 g/mol. The van der Waals surface area contributed by atoms with Crippen LogP contribution in [0, 0.1) is 12.8 Å². The van der Waals surface area contributed by atoms with Gasteiger partial charge in [0.25, 0.3) is 0 Å². The molecule has 1 aromatic heterocycles. The fourth-order valence-electron chi connectivity index (χ4n) is 3.04. The number of aromatic nitrogens is 2. The minimum atomic E-state index is 0.0330. The summed E-state index contributed by atoms with van der Waals surface area (Å²) in [6.45, 7) is 3.61. The van der Waals surface area contributed by atoms with Gasteiger partial charge in [-0.05, 0) is 19.8 Å². The molecule has 0 saturated carbocycles. The molecule has 0 bridgehead atoms. The van der Waals surface area contributed by atoms with Crippen LogP contribution in [0.1, 0.15) is 18.5 Å². The Hall–Kier alpha value is -2.17. The first kappa shape index (κ1) is 13.8. The van der Waals surface area contributed by atoms with Crippen molar-refractivity contribution in [2.75, 3.05) is 25.0 Å². The topological polar surface area (TPSA) is 58.1 Å². The number of fused-ring (bicyclic) bond motifs is 1. The number of benzene rings is 1. The summed E-state index contributed by atoms with van der Waals surface area (Å²) >= 11 is 0. The number of nitrogens with one attached hydrogen (secondary N) is 1. The number of carbonyl (C=O) groups excluding carboxylic acids is 1. The van der Waals surface area contributed by atoms with E-state index in [9.17, 15) is 4.79 Å². The van der Waals surface area contributed by atoms with Crippen molar-refractivity contribution in [3.05, 3.63) is 30.0 Å². The van der Waals surface area contributed by atoms with Gasteiger partial charge in [0.2, 0.25) is 5.91 Å². The van der Waals surface area contributed by atoms with Crippen molar-refractivity contribution in [1.82, 2.24) is 15.5 Å². The maximum atomic E-state index is 11.9. The number of piperidine rings is 1. The molecule has 21 heavy (non-hydrogen) atoms. The number of hydrogen-bond acceptors (Lipinski definition) is 4. The highest BCUT2D eigenvalue weighted by atomic mass is 16.1. The number of amides is 1. The van der Waals surface area contributed by atoms with Crippen LogP contribution in [-0.2, 0) is 4.79 Å². The van der Waals surface area contributed by atoms with Crippen LogP contribution >= 0.6 is 0 Å². The van der Waals surface area contributed by atoms with Gasteiger partial charge in [0, 0.05) is 30.9 Å². The van der Waals surface area contributed by atoms with Crippen LogP contribution < -0.4 is 10.2 Å². The minimum absolute atomic E-state index is 0.0330. The van der Waals surface area contributed by atoms with Crippen LogP contribution in [-0.4, -0.2) is 36.2 Å². The van der Waals surface area contributed by atoms with Gasteiger partial charge >= 0.3 is 0 Å². The Bertz CT molecular complexity index is 670. The fraction of sp³-hybridized carbons (Fsp3) is 0.438. The molecule has 3 rings (SSSR count). The molecule has 0 spiro atoms. The quantitative estimate of drug-likeness (QED) is 0.915. The van der Waals surface area contributed by atoms with Crippen molar-refractivity contribution in [2.24, 2.45) is 5.92 Å². The third-order valence-electron chi connectivity index (χ3n) is 4.19. The lowest BCUT2D eigenvalue weighted by Crippen LogP contribution is -2.42. The van der Waals surface area contributed by atoms with Crippen molar-refractivity contribution < 1.29 is 4.79 Å². The molecular formula is C16H20N4O. The predicted molar refractivity (Wildman–Crippen MR) is 83.3 cm³/mol. The summed E-state index contributed by atoms with van der Waals surface area (Å²) in [5.74, 6) is 1.04. The Kier molecular flexibility index (Phi) is 3.73. The van der Waals surface area contributed by atoms with Crippen molar-refractivity contribution in [3.63, 3.8) is 0 Å². The van der Waals surface area contributed by atoms with Crippen molar-refractivity contribution in [2.45, 2.75) is 19.8 Å². The van der Waals surface area contributed by atoms with Gasteiger partial charge in [0.05, 0.1) is 11.6 Å². The molecule has 1 amide bonds. The number of aryl methyl sites for hydroxylation is 1. The van der Waals surface area contributed by atoms with E-state index in [1.54, 1.807) is 7.05 Å². The largest absolute Gasteiger partial charge is 0.359 e. The minimum Gasteiger partial charge on any atom is -0.359 e. The zero-order valence-electron chi connectivity index (χ0n) is 12.5. The molecule has 2 heterocycles. The molecule has 1 unspecified atom stereocenters. The summed E-state index contributed by atoms with van der Waals surface area (Å²) in [6, 6.07) is 8.19. The molecule has 5 heteroatoms. The zero-order valence-corrected chi connectivity index (χ0v) is 12.5. The first-order valence-corrected chi connectivity index (χ1v) is 7.39. The summed E-state index contributed by atoms with van der Waals surface area (Å²) in [5, 5.41) is 13.7. The molecule has 1 saturated heterocycles. The molecule has 0 radical (unpaired) electrons. The van der Waals surface area contributed by atoms with Gasteiger partial charge in [-0.1, -0.05) is 24.3 Å². The average Bonchev–Trinajstić information content (AvgIpc) is 2.55. The lowest BCUT2D eigenvalue weighted by atomic mass is 9.97. The standard InChI is InChI=1S/C16H20N4O/c1-11-13-7-3-4-8-14(13)15(19-18-11)20-9-5-6-12(10-20)16(21)17-2/h3-4,7-8,12H,5-6,9-10H2,1-2H3,(H,17,21). The number of anilines is 1. The Balaban J connectivity index is 1.97. The Morgan fingerprint density at radius 1 is 1.29 bits per heavy atom. The maximum absolute atomic E-state index is 11.9. The van der Waals surface area contributed by atoms with Crippen LogP contribution in [0.5, 0.6) is 0 Å². The van der Waals surface area contributed by atoms with Gasteiger partial charge in [-0.15, -0.1) is 5.10 Å². The third kappa shape index (κ3) is 2.55. The second-order valence-electron chi connectivity index (χ2n) is 5.55. The Labute approximate surface area is 124 Å². The van der Waals surface area contributed by atoms with Crippen LogP contribution in [0.25, 0.3) is 10.8 Å². The Morgan fingerprint density at radius 2 is 2.05 bits per heavy atom. The van der Waals surface area contributed by atoms with E-state index in [0.29, 0.717) is 6.54 Å². The van der Waals surface area contributed by atoms with E-state index in [2.05, 4.69) is 32.5 Å². The van der Waals surface area contributed by atoms with Crippen LogP contribution in [0.2, 0.25) is 0 Å². The van der Waals surface area contributed by atoms with E-state index < -0.39 is 0 Å². The van der Waals surface area contributed by atoms with E-state index >= 15 is 0 Å². The SMILES string of the molecule is CNC(=O)C1CCCN(c2nnc(C)c3ccccc23)C1. The molecule has 1 aromatic carbocycles. The second-order valence-corrected chi connectivity index (χ2v) is 5.55. The molecule has 1 aliphatic heterocycles. The summed E-state index contributed by atoms with van der Waals surface area (Å²) in [5.41, 5.74) is 0.939. The summed E-state index contributed by atoms with van der Waals surface area (Å²) in [6.07, 6.45) is 1.94. The summed E-state index contributed by atoms with van der Waals surface area (Å²) in [7, 11) is 1.70. The molecule has 1 atom stereocenters. The molecule has 110 valence electrons. The average molecular weight is 284 g/mol. The summed E-state index contributed by atoms with van der Waals surface area (Å²) in [4.78, 5) is 14.1. The highest BCUT2D eigenvalue weighted by Gasteiger charge is 2.27. The van der Waals surface area contributed by atoms with Gasteiger partial charge in [0.15, 0.2) is 5.82 Å². The second kappa shape index (κ2) is 5.68. The van der Waals surface area contributed by atoms with Crippen molar-refractivity contribution >= 4 is 22.5 Å². The lowest BCUT2D eigenvalue weighted by Gasteiger charge is -2.33. The molecular weight excluding hydrogens is 264 g/mol.